The highest BCUT2D eigenvalue weighted by molar-refractivity contribution is 6.01. The summed E-state index contributed by atoms with van der Waals surface area (Å²) in [5, 5.41) is 2.59. The molecule has 5 nitrogen and oxygen atoms in total. The fourth-order valence-corrected chi connectivity index (χ4v) is 3.17. The normalized spacial score (nSPS) is 18.5. The number of nitrogens with one attached hydrogen (secondary N) is 1. The fraction of sp³-hybridized carbons (Fsp3) is 0.263. The molecule has 1 heterocycles. The van der Waals surface area contributed by atoms with E-state index in [1.807, 2.05) is 37.3 Å². The van der Waals surface area contributed by atoms with E-state index in [-0.39, 0.29) is 17.9 Å². The van der Waals surface area contributed by atoms with Crippen molar-refractivity contribution in [2.45, 2.75) is 18.9 Å². The number of ether oxygens (including phenoxy) is 2. The van der Waals surface area contributed by atoms with Gasteiger partial charge in [0.1, 0.15) is 11.9 Å². The van der Waals surface area contributed by atoms with Crippen LogP contribution in [0, 0.1) is 0 Å². The van der Waals surface area contributed by atoms with Gasteiger partial charge in [-0.15, -0.1) is 0 Å². The molecular formula is C19H19NO4. The van der Waals surface area contributed by atoms with Crippen LogP contribution in [-0.2, 0) is 4.74 Å². The van der Waals surface area contributed by atoms with Crippen molar-refractivity contribution >= 4 is 11.9 Å². The number of hydrogen-bond acceptors (Lipinski definition) is 4. The summed E-state index contributed by atoms with van der Waals surface area (Å²) in [6.45, 7) is 1.96. The lowest BCUT2D eigenvalue weighted by Gasteiger charge is -2.15. The summed E-state index contributed by atoms with van der Waals surface area (Å²) in [4.78, 5) is 24.2. The lowest BCUT2D eigenvalue weighted by Crippen LogP contribution is -2.19. The van der Waals surface area contributed by atoms with Crippen LogP contribution in [0.2, 0.25) is 0 Å². The first-order valence-corrected chi connectivity index (χ1v) is 7.76. The zero-order valence-corrected chi connectivity index (χ0v) is 13.8. The zero-order chi connectivity index (χ0) is 17.3. The van der Waals surface area contributed by atoms with Crippen LogP contribution < -0.4 is 10.1 Å². The summed E-state index contributed by atoms with van der Waals surface area (Å²) in [5.41, 5.74) is 2.60. The van der Waals surface area contributed by atoms with E-state index in [4.69, 9.17) is 9.47 Å². The second-order valence-electron chi connectivity index (χ2n) is 5.72. The number of amides is 1. The lowest BCUT2D eigenvalue weighted by atomic mass is 9.87. The van der Waals surface area contributed by atoms with E-state index >= 15 is 0 Å². The van der Waals surface area contributed by atoms with Gasteiger partial charge in [-0.2, -0.15) is 0 Å². The monoisotopic (exact) mass is 325 g/mol. The van der Waals surface area contributed by atoms with Gasteiger partial charge in [0.05, 0.1) is 18.2 Å². The van der Waals surface area contributed by atoms with Gasteiger partial charge in [0.15, 0.2) is 0 Å². The van der Waals surface area contributed by atoms with Gasteiger partial charge in [-0.1, -0.05) is 30.3 Å². The zero-order valence-electron chi connectivity index (χ0n) is 13.8. The summed E-state index contributed by atoms with van der Waals surface area (Å²) in [6.07, 6.45) is -0.140. The van der Waals surface area contributed by atoms with Crippen molar-refractivity contribution in [1.29, 1.82) is 0 Å². The second kappa shape index (κ2) is 6.35. The minimum absolute atomic E-state index is 0.0470. The van der Waals surface area contributed by atoms with Crippen molar-refractivity contribution in [3.05, 3.63) is 64.7 Å². The summed E-state index contributed by atoms with van der Waals surface area (Å²) in [5.74, 6) is -0.287. The molecule has 24 heavy (non-hydrogen) atoms. The maximum Gasteiger partial charge on any atom is 0.337 e. The molecule has 5 heteroatoms. The molecule has 0 bridgehead atoms. The van der Waals surface area contributed by atoms with Gasteiger partial charge in [-0.3, -0.25) is 4.79 Å². The molecule has 1 aliphatic rings. The number of benzene rings is 2. The quantitative estimate of drug-likeness (QED) is 0.881. The van der Waals surface area contributed by atoms with Gasteiger partial charge >= 0.3 is 5.97 Å². The van der Waals surface area contributed by atoms with Crippen LogP contribution in [0.4, 0.5) is 0 Å². The number of rotatable bonds is 3. The molecular weight excluding hydrogens is 306 g/mol. The van der Waals surface area contributed by atoms with Crippen LogP contribution in [0.3, 0.4) is 0 Å². The maximum atomic E-state index is 12.2. The molecule has 0 unspecified atom stereocenters. The molecule has 124 valence electrons. The Kier molecular flexibility index (Phi) is 4.25. The predicted octanol–water partition coefficient (Wildman–Crippen LogP) is 2.75. The van der Waals surface area contributed by atoms with Gasteiger partial charge in [0, 0.05) is 18.5 Å². The summed E-state index contributed by atoms with van der Waals surface area (Å²) < 4.78 is 10.8. The largest absolute Gasteiger partial charge is 0.489 e. The van der Waals surface area contributed by atoms with Crippen molar-refractivity contribution in [1.82, 2.24) is 5.32 Å². The van der Waals surface area contributed by atoms with E-state index in [0.29, 0.717) is 16.9 Å². The van der Waals surface area contributed by atoms with E-state index < -0.39 is 5.97 Å². The Balaban J connectivity index is 2.20. The highest BCUT2D eigenvalue weighted by Crippen LogP contribution is 2.44. The number of fused-ring (bicyclic) bond motifs is 1. The van der Waals surface area contributed by atoms with Crippen LogP contribution in [0.25, 0.3) is 0 Å². The number of esters is 1. The first-order valence-electron chi connectivity index (χ1n) is 7.76. The number of hydrogen-bond donors (Lipinski definition) is 1. The summed E-state index contributed by atoms with van der Waals surface area (Å²) >= 11 is 0. The van der Waals surface area contributed by atoms with Gasteiger partial charge in [0.2, 0.25) is 0 Å². The molecule has 2 aromatic carbocycles. The molecule has 0 saturated heterocycles. The maximum absolute atomic E-state index is 12.2. The SMILES string of the molecule is CNC(=O)c1cc(C(=O)OC)cc2c1O[C@@H](C)[C@H]2c1ccccc1. The molecule has 0 radical (unpaired) electrons. The summed E-state index contributed by atoms with van der Waals surface area (Å²) in [6, 6.07) is 13.2. The standard InChI is InChI=1S/C19H19NO4/c1-11-16(12-7-5-4-6-8-12)14-9-13(19(22)23-3)10-15(17(14)24-11)18(21)20-2/h4-11,16H,1-3H3,(H,20,21)/t11-,16-/m0/s1. The van der Waals surface area contributed by atoms with Crippen molar-refractivity contribution in [3.8, 4) is 5.75 Å². The third-order valence-corrected chi connectivity index (χ3v) is 4.28. The first kappa shape index (κ1) is 16.1. The van der Waals surface area contributed by atoms with Crippen LogP contribution in [0.5, 0.6) is 5.75 Å². The Morgan fingerprint density at radius 3 is 2.50 bits per heavy atom. The van der Waals surface area contributed by atoms with Gasteiger partial charge in [-0.05, 0) is 24.6 Å². The van der Waals surface area contributed by atoms with Gasteiger partial charge < -0.3 is 14.8 Å². The molecule has 1 aliphatic heterocycles. The average Bonchev–Trinajstić information content (AvgIpc) is 2.95. The molecule has 2 aromatic rings. The van der Waals surface area contributed by atoms with Crippen molar-refractivity contribution in [2.24, 2.45) is 0 Å². The Bertz CT molecular complexity index is 785. The number of carbonyl (C=O) groups is 2. The minimum atomic E-state index is -0.477. The molecule has 0 aliphatic carbocycles. The Hall–Kier alpha value is -2.82. The number of carbonyl (C=O) groups excluding carboxylic acids is 2. The Morgan fingerprint density at radius 1 is 1.17 bits per heavy atom. The smallest absolute Gasteiger partial charge is 0.337 e. The molecule has 1 amide bonds. The molecule has 0 spiro atoms. The molecule has 0 saturated carbocycles. The molecule has 0 fully saturated rings. The average molecular weight is 325 g/mol. The topological polar surface area (TPSA) is 64.6 Å². The molecule has 2 atom stereocenters. The van der Waals surface area contributed by atoms with Gasteiger partial charge in [-0.25, -0.2) is 4.79 Å². The van der Waals surface area contributed by atoms with E-state index in [1.54, 1.807) is 13.1 Å². The molecule has 0 aromatic heterocycles. The molecule has 3 rings (SSSR count). The third kappa shape index (κ3) is 2.62. The highest BCUT2D eigenvalue weighted by Gasteiger charge is 2.36. The Morgan fingerprint density at radius 2 is 1.88 bits per heavy atom. The minimum Gasteiger partial charge on any atom is -0.489 e. The fourth-order valence-electron chi connectivity index (χ4n) is 3.17. The molecule has 1 N–H and O–H groups in total. The third-order valence-electron chi connectivity index (χ3n) is 4.28. The van der Waals surface area contributed by atoms with E-state index in [2.05, 4.69) is 5.32 Å². The van der Waals surface area contributed by atoms with E-state index in [9.17, 15) is 9.59 Å². The van der Waals surface area contributed by atoms with Crippen molar-refractivity contribution in [3.63, 3.8) is 0 Å². The van der Waals surface area contributed by atoms with Crippen LogP contribution >= 0.6 is 0 Å². The predicted molar refractivity (Wildman–Crippen MR) is 89.5 cm³/mol. The van der Waals surface area contributed by atoms with Crippen molar-refractivity contribution < 1.29 is 19.1 Å². The van der Waals surface area contributed by atoms with E-state index in [0.717, 1.165) is 11.1 Å². The van der Waals surface area contributed by atoms with Crippen LogP contribution in [-0.4, -0.2) is 32.1 Å². The second-order valence-corrected chi connectivity index (χ2v) is 5.72. The Labute approximate surface area is 140 Å². The first-order chi connectivity index (χ1) is 11.6. The van der Waals surface area contributed by atoms with Crippen LogP contribution in [0.15, 0.2) is 42.5 Å². The summed E-state index contributed by atoms with van der Waals surface area (Å²) in [7, 11) is 2.87. The van der Waals surface area contributed by atoms with E-state index in [1.165, 1.54) is 13.2 Å². The highest BCUT2D eigenvalue weighted by atomic mass is 16.5. The lowest BCUT2D eigenvalue weighted by molar-refractivity contribution is 0.0600. The number of methoxy groups -OCH3 is 1. The van der Waals surface area contributed by atoms with Crippen molar-refractivity contribution in [2.75, 3.05) is 14.2 Å². The van der Waals surface area contributed by atoms with Crippen LogP contribution in [0.1, 0.15) is 44.7 Å². The van der Waals surface area contributed by atoms with Gasteiger partial charge in [0.25, 0.3) is 5.91 Å².